The summed E-state index contributed by atoms with van der Waals surface area (Å²) < 4.78 is 32.6. The molecule has 0 aliphatic carbocycles. The molecule has 2 amide bonds. The van der Waals surface area contributed by atoms with Crippen molar-refractivity contribution in [1.29, 1.82) is 0 Å². The SMILES string of the molecule is CC(C)COCCOCCOCCOCCOCCOCCN1C(=O)CC(C(C)C)C1=O. The fraction of sp³-hybridized carbons (Fsp3) is 0.913. The van der Waals surface area contributed by atoms with Gasteiger partial charge >= 0.3 is 0 Å². The van der Waals surface area contributed by atoms with Crippen LogP contribution in [0.5, 0.6) is 0 Å². The van der Waals surface area contributed by atoms with Crippen molar-refractivity contribution in [3.8, 4) is 0 Å². The van der Waals surface area contributed by atoms with Crippen LogP contribution < -0.4 is 0 Å². The second kappa shape index (κ2) is 18.3. The highest BCUT2D eigenvalue weighted by Crippen LogP contribution is 2.25. The molecule has 0 aromatic heterocycles. The minimum atomic E-state index is -0.191. The van der Waals surface area contributed by atoms with Gasteiger partial charge in [0.05, 0.1) is 79.2 Å². The first-order chi connectivity index (χ1) is 15.4. The quantitative estimate of drug-likeness (QED) is 0.189. The molecular formula is C23H43NO8. The van der Waals surface area contributed by atoms with Crippen molar-refractivity contribution in [3.63, 3.8) is 0 Å². The minimum absolute atomic E-state index is 0.0785. The van der Waals surface area contributed by atoms with E-state index in [1.807, 2.05) is 13.8 Å². The second-order valence-electron chi connectivity index (χ2n) is 8.47. The number of carbonyl (C=O) groups is 2. The molecule has 1 fully saturated rings. The molecule has 1 atom stereocenters. The summed E-state index contributed by atoms with van der Waals surface area (Å²) in [5.74, 6) is 0.349. The van der Waals surface area contributed by atoms with E-state index in [0.29, 0.717) is 91.6 Å². The van der Waals surface area contributed by atoms with Gasteiger partial charge in [-0.2, -0.15) is 0 Å². The van der Waals surface area contributed by atoms with Crippen LogP contribution in [0.2, 0.25) is 0 Å². The maximum absolute atomic E-state index is 12.2. The average molecular weight is 462 g/mol. The molecule has 0 spiro atoms. The number of rotatable bonds is 21. The van der Waals surface area contributed by atoms with Gasteiger partial charge in [-0.1, -0.05) is 27.7 Å². The first-order valence-corrected chi connectivity index (χ1v) is 11.7. The van der Waals surface area contributed by atoms with Crippen molar-refractivity contribution < 1.29 is 38.0 Å². The van der Waals surface area contributed by atoms with Gasteiger partial charge < -0.3 is 28.4 Å². The van der Waals surface area contributed by atoms with E-state index >= 15 is 0 Å². The monoisotopic (exact) mass is 461 g/mol. The van der Waals surface area contributed by atoms with E-state index in [-0.39, 0.29) is 23.7 Å². The van der Waals surface area contributed by atoms with Gasteiger partial charge in [0.15, 0.2) is 0 Å². The molecule has 188 valence electrons. The summed E-state index contributed by atoms with van der Waals surface area (Å²) in [5.41, 5.74) is 0. The Balaban J connectivity index is 1.79. The van der Waals surface area contributed by atoms with Gasteiger partial charge in [0.1, 0.15) is 0 Å². The highest BCUT2D eigenvalue weighted by Gasteiger charge is 2.39. The molecule has 9 heteroatoms. The third-order valence-corrected chi connectivity index (χ3v) is 4.85. The van der Waals surface area contributed by atoms with E-state index < -0.39 is 0 Å². The zero-order chi connectivity index (χ0) is 23.6. The van der Waals surface area contributed by atoms with Crippen LogP contribution in [0.25, 0.3) is 0 Å². The Hall–Kier alpha value is -1.10. The molecule has 1 aliphatic heterocycles. The second-order valence-corrected chi connectivity index (χ2v) is 8.47. The predicted octanol–water partition coefficient (Wildman–Crippen LogP) is 1.77. The summed E-state index contributed by atoms with van der Waals surface area (Å²) in [6.45, 7) is 14.7. The normalized spacial score (nSPS) is 16.8. The Kier molecular flexibility index (Phi) is 16.6. The summed E-state index contributed by atoms with van der Waals surface area (Å²) in [4.78, 5) is 25.4. The topological polar surface area (TPSA) is 92.8 Å². The predicted molar refractivity (Wildman–Crippen MR) is 119 cm³/mol. The Bertz CT molecular complexity index is 500. The summed E-state index contributed by atoms with van der Waals surface area (Å²) in [6, 6.07) is 0. The molecule has 9 nitrogen and oxygen atoms in total. The molecule has 1 unspecified atom stereocenters. The highest BCUT2D eigenvalue weighted by atomic mass is 16.6. The molecule has 0 aromatic rings. The lowest BCUT2D eigenvalue weighted by atomic mass is 9.94. The number of amides is 2. The van der Waals surface area contributed by atoms with E-state index in [4.69, 9.17) is 28.4 Å². The average Bonchev–Trinajstić information content (AvgIpc) is 3.03. The summed E-state index contributed by atoms with van der Waals surface area (Å²) in [5, 5.41) is 0. The fourth-order valence-electron chi connectivity index (χ4n) is 3.04. The number of nitrogens with zero attached hydrogens (tertiary/aromatic N) is 1. The number of hydrogen-bond acceptors (Lipinski definition) is 8. The van der Waals surface area contributed by atoms with Crippen LogP contribution in [0.1, 0.15) is 34.1 Å². The molecule has 0 saturated carbocycles. The number of hydrogen-bond donors (Lipinski definition) is 0. The van der Waals surface area contributed by atoms with Gasteiger partial charge in [0.25, 0.3) is 0 Å². The molecule has 1 rings (SSSR count). The van der Waals surface area contributed by atoms with Crippen molar-refractivity contribution in [1.82, 2.24) is 4.90 Å². The standard InChI is InChI=1S/C23H43NO8/c1-19(2)18-32-16-15-31-14-13-30-12-11-29-10-9-28-8-7-27-6-5-24-22(25)17-21(20(3)4)23(24)26/h19-21H,5-18H2,1-4H3. The third kappa shape index (κ3) is 13.4. The maximum atomic E-state index is 12.2. The minimum Gasteiger partial charge on any atom is -0.379 e. The van der Waals surface area contributed by atoms with Crippen molar-refractivity contribution in [2.75, 3.05) is 85.8 Å². The number of imide groups is 1. The van der Waals surface area contributed by atoms with Gasteiger partial charge in [-0.15, -0.1) is 0 Å². The van der Waals surface area contributed by atoms with Crippen LogP contribution in [0.4, 0.5) is 0 Å². The van der Waals surface area contributed by atoms with Crippen molar-refractivity contribution in [2.45, 2.75) is 34.1 Å². The van der Waals surface area contributed by atoms with Gasteiger partial charge in [0, 0.05) is 18.9 Å². The lowest BCUT2D eigenvalue weighted by molar-refractivity contribution is -0.140. The molecule has 0 aromatic carbocycles. The van der Waals surface area contributed by atoms with Crippen LogP contribution in [0.15, 0.2) is 0 Å². The van der Waals surface area contributed by atoms with E-state index in [1.54, 1.807) is 0 Å². The zero-order valence-corrected chi connectivity index (χ0v) is 20.3. The van der Waals surface area contributed by atoms with Crippen LogP contribution in [0.3, 0.4) is 0 Å². The third-order valence-electron chi connectivity index (χ3n) is 4.85. The molecular weight excluding hydrogens is 418 g/mol. The Morgan fingerprint density at radius 3 is 1.47 bits per heavy atom. The molecule has 0 bridgehead atoms. The van der Waals surface area contributed by atoms with Gasteiger partial charge in [0.2, 0.25) is 11.8 Å². The van der Waals surface area contributed by atoms with Crippen LogP contribution in [-0.2, 0) is 38.0 Å². The molecule has 0 N–H and O–H groups in total. The van der Waals surface area contributed by atoms with Crippen molar-refractivity contribution in [3.05, 3.63) is 0 Å². The Morgan fingerprint density at radius 1 is 0.688 bits per heavy atom. The van der Waals surface area contributed by atoms with E-state index in [1.165, 1.54) is 4.90 Å². The molecule has 1 saturated heterocycles. The summed E-state index contributed by atoms with van der Waals surface area (Å²) in [6.07, 6.45) is 0.312. The smallest absolute Gasteiger partial charge is 0.233 e. The maximum Gasteiger partial charge on any atom is 0.233 e. The zero-order valence-electron chi connectivity index (χ0n) is 20.3. The van der Waals surface area contributed by atoms with Crippen molar-refractivity contribution in [2.24, 2.45) is 17.8 Å². The van der Waals surface area contributed by atoms with Gasteiger partial charge in [-0.05, 0) is 11.8 Å². The first-order valence-electron chi connectivity index (χ1n) is 11.7. The van der Waals surface area contributed by atoms with E-state index in [0.717, 1.165) is 6.61 Å². The van der Waals surface area contributed by atoms with Crippen molar-refractivity contribution >= 4 is 11.8 Å². The molecule has 32 heavy (non-hydrogen) atoms. The van der Waals surface area contributed by atoms with Crippen LogP contribution >= 0.6 is 0 Å². The number of carbonyl (C=O) groups excluding carboxylic acids is 2. The van der Waals surface area contributed by atoms with E-state index in [9.17, 15) is 9.59 Å². The van der Waals surface area contributed by atoms with E-state index in [2.05, 4.69) is 13.8 Å². The van der Waals surface area contributed by atoms with Crippen LogP contribution in [-0.4, -0.2) is 103 Å². The largest absolute Gasteiger partial charge is 0.379 e. The fourth-order valence-corrected chi connectivity index (χ4v) is 3.04. The summed E-state index contributed by atoms with van der Waals surface area (Å²) in [7, 11) is 0. The van der Waals surface area contributed by atoms with Crippen LogP contribution in [0, 0.1) is 17.8 Å². The number of ether oxygens (including phenoxy) is 6. The lowest BCUT2D eigenvalue weighted by Gasteiger charge is -2.16. The molecule has 1 heterocycles. The number of likely N-dealkylation sites (tertiary alicyclic amines) is 1. The molecule has 1 aliphatic rings. The molecule has 0 radical (unpaired) electrons. The highest BCUT2D eigenvalue weighted by molar-refractivity contribution is 6.03. The van der Waals surface area contributed by atoms with Gasteiger partial charge in [-0.25, -0.2) is 0 Å². The summed E-state index contributed by atoms with van der Waals surface area (Å²) >= 11 is 0. The van der Waals surface area contributed by atoms with Gasteiger partial charge in [-0.3, -0.25) is 14.5 Å². The Morgan fingerprint density at radius 2 is 1.09 bits per heavy atom. The Labute approximate surface area is 193 Å². The lowest BCUT2D eigenvalue weighted by Crippen LogP contribution is -2.34. The first kappa shape index (κ1) is 28.9.